The molecule has 2 amide bonds. The SMILES string of the molecule is CNC(=O)c1ccc(NC(=O)COC(=O)c2cc(=O)[nH]c3ccccc23)cc1. The number of hydrogen-bond acceptors (Lipinski definition) is 5. The second-order valence-electron chi connectivity index (χ2n) is 5.87. The van der Waals surface area contributed by atoms with E-state index >= 15 is 0 Å². The third-order valence-electron chi connectivity index (χ3n) is 3.96. The minimum Gasteiger partial charge on any atom is -0.452 e. The van der Waals surface area contributed by atoms with E-state index in [1.54, 1.807) is 48.5 Å². The number of ether oxygens (including phenoxy) is 1. The molecular formula is C20H17N3O5. The third kappa shape index (κ3) is 4.24. The van der Waals surface area contributed by atoms with Gasteiger partial charge in [0.2, 0.25) is 5.56 Å². The molecule has 0 unspecified atom stereocenters. The molecule has 0 radical (unpaired) electrons. The van der Waals surface area contributed by atoms with Gasteiger partial charge in [0.25, 0.3) is 11.8 Å². The zero-order chi connectivity index (χ0) is 20.1. The molecule has 142 valence electrons. The number of fused-ring (bicyclic) bond motifs is 1. The van der Waals surface area contributed by atoms with Crippen LogP contribution in [0, 0.1) is 0 Å². The van der Waals surface area contributed by atoms with Crippen LogP contribution in [0.3, 0.4) is 0 Å². The molecule has 0 aliphatic carbocycles. The number of amides is 2. The summed E-state index contributed by atoms with van der Waals surface area (Å²) >= 11 is 0. The maximum Gasteiger partial charge on any atom is 0.339 e. The highest BCUT2D eigenvalue weighted by molar-refractivity contribution is 6.04. The number of carbonyl (C=O) groups is 3. The maximum atomic E-state index is 12.3. The number of anilines is 1. The summed E-state index contributed by atoms with van der Waals surface area (Å²) in [6.45, 7) is -0.517. The number of pyridine rings is 1. The topological polar surface area (TPSA) is 117 Å². The highest BCUT2D eigenvalue weighted by Crippen LogP contribution is 2.15. The molecule has 3 N–H and O–H groups in total. The van der Waals surface area contributed by atoms with Crippen molar-refractivity contribution < 1.29 is 19.1 Å². The van der Waals surface area contributed by atoms with Gasteiger partial charge in [-0.05, 0) is 30.3 Å². The zero-order valence-electron chi connectivity index (χ0n) is 14.9. The third-order valence-corrected chi connectivity index (χ3v) is 3.96. The Balaban J connectivity index is 1.64. The fourth-order valence-electron chi connectivity index (χ4n) is 2.63. The first-order valence-corrected chi connectivity index (χ1v) is 8.39. The number of benzene rings is 2. The Hall–Kier alpha value is -3.94. The summed E-state index contributed by atoms with van der Waals surface area (Å²) in [5.41, 5.74) is 1.06. The standard InChI is InChI=1S/C20H17N3O5/c1-21-19(26)12-6-8-13(9-7-12)22-18(25)11-28-20(27)15-10-17(24)23-16-5-3-2-4-14(15)16/h2-10H,11H2,1H3,(H,21,26)(H,22,25)(H,23,24). The first-order valence-electron chi connectivity index (χ1n) is 8.39. The van der Waals surface area contributed by atoms with Gasteiger partial charge in [-0.15, -0.1) is 0 Å². The van der Waals surface area contributed by atoms with Crippen LogP contribution in [0.15, 0.2) is 59.4 Å². The van der Waals surface area contributed by atoms with E-state index in [-0.39, 0.29) is 11.5 Å². The number of esters is 1. The molecule has 1 heterocycles. The van der Waals surface area contributed by atoms with Gasteiger partial charge in [-0.25, -0.2) is 4.79 Å². The second-order valence-corrected chi connectivity index (χ2v) is 5.87. The van der Waals surface area contributed by atoms with E-state index < -0.39 is 24.0 Å². The van der Waals surface area contributed by atoms with E-state index in [1.807, 2.05) is 0 Å². The Morgan fingerprint density at radius 1 is 1.04 bits per heavy atom. The maximum absolute atomic E-state index is 12.3. The van der Waals surface area contributed by atoms with Gasteiger partial charge < -0.3 is 20.4 Å². The summed E-state index contributed by atoms with van der Waals surface area (Å²) in [5.74, 6) is -1.56. The Kier molecular flexibility index (Phi) is 5.50. The lowest BCUT2D eigenvalue weighted by atomic mass is 10.1. The molecule has 2 aromatic carbocycles. The highest BCUT2D eigenvalue weighted by Gasteiger charge is 2.15. The van der Waals surface area contributed by atoms with Gasteiger partial charge >= 0.3 is 5.97 Å². The molecule has 0 aliphatic rings. The van der Waals surface area contributed by atoms with Crippen LogP contribution in [-0.4, -0.2) is 36.4 Å². The number of aromatic nitrogens is 1. The average Bonchev–Trinajstić information content (AvgIpc) is 2.71. The van der Waals surface area contributed by atoms with Gasteiger partial charge in [0.05, 0.1) is 5.56 Å². The molecule has 0 aliphatic heterocycles. The fourth-order valence-corrected chi connectivity index (χ4v) is 2.63. The minimum atomic E-state index is -0.771. The summed E-state index contributed by atoms with van der Waals surface area (Å²) in [7, 11) is 1.52. The highest BCUT2D eigenvalue weighted by atomic mass is 16.5. The number of aromatic amines is 1. The molecule has 0 bridgehead atoms. The largest absolute Gasteiger partial charge is 0.452 e. The Bertz CT molecular complexity index is 1100. The minimum absolute atomic E-state index is 0.0853. The average molecular weight is 379 g/mol. The smallest absolute Gasteiger partial charge is 0.339 e. The normalized spacial score (nSPS) is 10.3. The summed E-state index contributed by atoms with van der Waals surface area (Å²) in [6, 6.07) is 14.2. The molecule has 0 saturated heterocycles. The summed E-state index contributed by atoms with van der Waals surface area (Å²) in [4.78, 5) is 50.2. The Morgan fingerprint density at radius 3 is 2.46 bits per heavy atom. The molecule has 0 spiro atoms. The first-order chi connectivity index (χ1) is 13.5. The number of rotatable bonds is 5. The Labute approximate surface area is 159 Å². The van der Waals surface area contributed by atoms with E-state index in [4.69, 9.17) is 4.74 Å². The van der Waals surface area contributed by atoms with Gasteiger partial charge in [-0.1, -0.05) is 18.2 Å². The fraction of sp³-hybridized carbons (Fsp3) is 0.100. The molecule has 0 fully saturated rings. The van der Waals surface area contributed by atoms with Crippen molar-refractivity contribution in [3.8, 4) is 0 Å². The van der Waals surface area contributed by atoms with Crippen LogP contribution in [0.25, 0.3) is 10.9 Å². The number of H-pyrrole nitrogens is 1. The van der Waals surface area contributed by atoms with Crippen LogP contribution in [0.5, 0.6) is 0 Å². The van der Waals surface area contributed by atoms with Crippen LogP contribution in [-0.2, 0) is 9.53 Å². The number of para-hydroxylation sites is 1. The molecular weight excluding hydrogens is 362 g/mol. The monoisotopic (exact) mass is 379 g/mol. The van der Waals surface area contributed by atoms with Crippen molar-refractivity contribution in [1.29, 1.82) is 0 Å². The van der Waals surface area contributed by atoms with Crippen molar-refractivity contribution in [2.75, 3.05) is 19.0 Å². The van der Waals surface area contributed by atoms with Crippen LogP contribution in [0.2, 0.25) is 0 Å². The zero-order valence-corrected chi connectivity index (χ0v) is 14.9. The molecule has 28 heavy (non-hydrogen) atoms. The number of carbonyl (C=O) groups excluding carboxylic acids is 3. The van der Waals surface area contributed by atoms with Crippen molar-refractivity contribution in [1.82, 2.24) is 10.3 Å². The van der Waals surface area contributed by atoms with Crippen molar-refractivity contribution in [3.05, 3.63) is 76.1 Å². The van der Waals surface area contributed by atoms with Gasteiger partial charge in [-0.2, -0.15) is 0 Å². The van der Waals surface area contributed by atoms with E-state index in [0.29, 0.717) is 22.2 Å². The summed E-state index contributed by atoms with van der Waals surface area (Å²) in [6.07, 6.45) is 0. The van der Waals surface area contributed by atoms with Gasteiger partial charge in [0.15, 0.2) is 6.61 Å². The predicted molar refractivity (Wildman–Crippen MR) is 103 cm³/mol. The molecule has 8 nitrogen and oxygen atoms in total. The first kappa shape index (κ1) is 18.8. The molecule has 0 atom stereocenters. The molecule has 0 saturated carbocycles. The molecule has 8 heteroatoms. The lowest BCUT2D eigenvalue weighted by Gasteiger charge is -2.08. The van der Waals surface area contributed by atoms with Gasteiger partial charge in [-0.3, -0.25) is 14.4 Å². The van der Waals surface area contributed by atoms with Crippen LogP contribution >= 0.6 is 0 Å². The van der Waals surface area contributed by atoms with Crippen LogP contribution in [0.1, 0.15) is 20.7 Å². The van der Waals surface area contributed by atoms with E-state index in [0.717, 1.165) is 6.07 Å². The second kappa shape index (κ2) is 8.17. The lowest BCUT2D eigenvalue weighted by molar-refractivity contribution is -0.119. The summed E-state index contributed by atoms with van der Waals surface area (Å²) < 4.78 is 5.04. The molecule has 3 aromatic rings. The van der Waals surface area contributed by atoms with Crippen molar-refractivity contribution in [2.45, 2.75) is 0 Å². The Morgan fingerprint density at radius 2 is 1.75 bits per heavy atom. The molecule has 1 aromatic heterocycles. The molecule has 3 rings (SSSR count). The van der Waals surface area contributed by atoms with Crippen LogP contribution in [0.4, 0.5) is 5.69 Å². The van der Waals surface area contributed by atoms with E-state index in [1.165, 1.54) is 7.05 Å². The van der Waals surface area contributed by atoms with E-state index in [2.05, 4.69) is 15.6 Å². The number of hydrogen-bond donors (Lipinski definition) is 3. The number of nitrogens with one attached hydrogen (secondary N) is 3. The van der Waals surface area contributed by atoms with Gasteiger partial charge in [0.1, 0.15) is 0 Å². The van der Waals surface area contributed by atoms with Crippen LogP contribution < -0.4 is 16.2 Å². The van der Waals surface area contributed by atoms with Crippen molar-refractivity contribution in [3.63, 3.8) is 0 Å². The van der Waals surface area contributed by atoms with Crippen molar-refractivity contribution >= 4 is 34.4 Å². The predicted octanol–water partition coefficient (Wildman–Crippen LogP) is 1.68. The van der Waals surface area contributed by atoms with Gasteiger partial charge in [0, 0.05) is 35.3 Å². The quantitative estimate of drug-likeness (QED) is 0.583. The van der Waals surface area contributed by atoms with E-state index in [9.17, 15) is 19.2 Å². The lowest BCUT2D eigenvalue weighted by Crippen LogP contribution is -2.22. The van der Waals surface area contributed by atoms with Crippen molar-refractivity contribution in [2.24, 2.45) is 0 Å². The summed E-state index contributed by atoms with van der Waals surface area (Å²) in [5, 5.41) is 5.59.